The van der Waals surface area contributed by atoms with Crippen molar-refractivity contribution in [1.29, 1.82) is 0 Å². The van der Waals surface area contributed by atoms with Crippen LogP contribution in [-0.2, 0) is 4.79 Å². The van der Waals surface area contributed by atoms with Crippen molar-refractivity contribution >= 4 is 5.91 Å². The van der Waals surface area contributed by atoms with Gasteiger partial charge in [-0.3, -0.25) is 4.79 Å². The third-order valence-corrected chi connectivity index (χ3v) is 4.50. The summed E-state index contributed by atoms with van der Waals surface area (Å²) in [7, 11) is 0. The first-order valence-electron chi connectivity index (χ1n) is 8.57. The second kappa shape index (κ2) is 7.11. The Kier molecular flexibility index (Phi) is 5.56. The van der Waals surface area contributed by atoms with E-state index in [1.54, 1.807) is 18.7 Å². The molecule has 1 saturated heterocycles. The van der Waals surface area contributed by atoms with Crippen LogP contribution in [0.25, 0.3) is 0 Å². The summed E-state index contributed by atoms with van der Waals surface area (Å²) in [5, 5.41) is 19.4. The van der Waals surface area contributed by atoms with Gasteiger partial charge >= 0.3 is 0 Å². The van der Waals surface area contributed by atoms with Gasteiger partial charge in [0.25, 0.3) is 5.91 Å². The van der Waals surface area contributed by atoms with Crippen molar-refractivity contribution in [1.82, 2.24) is 4.90 Å². The van der Waals surface area contributed by atoms with Crippen LogP contribution in [0.4, 0.5) is 0 Å². The first-order chi connectivity index (χ1) is 11.1. The minimum Gasteiger partial charge on any atom is -0.478 e. The molecule has 0 aromatic heterocycles. The molecule has 1 fully saturated rings. The summed E-state index contributed by atoms with van der Waals surface area (Å²) < 4.78 is 6.12. The Morgan fingerprint density at radius 2 is 1.96 bits per heavy atom. The molecule has 0 aliphatic carbocycles. The third kappa shape index (κ3) is 4.08. The van der Waals surface area contributed by atoms with Crippen LogP contribution in [0.1, 0.15) is 51.2 Å². The number of amides is 1. The van der Waals surface area contributed by atoms with Gasteiger partial charge in [-0.15, -0.1) is 0 Å². The highest BCUT2D eigenvalue weighted by molar-refractivity contribution is 5.85. The monoisotopic (exact) mass is 335 g/mol. The van der Waals surface area contributed by atoms with Crippen molar-refractivity contribution in [3.05, 3.63) is 29.3 Å². The minimum atomic E-state index is -1.04. The van der Waals surface area contributed by atoms with E-state index in [0.29, 0.717) is 18.9 Å². The van der Waals surface area contributed by atoms with Crippen LogP contribution >= 0.6 is 0 Å². The number of aliphatic hydroxyl groups excluding tert-OH is 2. The lowest BCUT2D eigenvalue weighted by molar-refractivity contribution is -0.151. The molecule has 0 saturated carbocycles. The Hall–Kier alpha value is -1.59. The standard InChI is InChI=1S/C19H29NO4/c1-12(2)14-7-6-13(3)10-17(14)24-19(4,5)18(23)20-9-8-15(21)16(22)11-20/h6-7,10,12,15-16,21-22H,8-9,11H2,1-5H3/t15-,16-/m1/s1. The van der Waals surface area contributed by atoms with Crippen molar-refractivity contribution in [2.75, 3.05) is 13.1 Å². The second-order valence-electron chi connectivity index (χ2n) is 7.48. The average Bonchev–Trinajstić information content (AvgIpc) is 2.48. The maximum absolute atomic E-state index is 12.9. The minimum absolute atomic E-state index is 0.137. The van der Waals surface area contributed by atoms with Gasteiger partial charge in [0.15, 0.2) is 5.60 Å². The zero-order valence-corrected chi connectivity index (χ0v) is 15.2. The molecule has 5 nitrogen and oxygen atoms in total. The fourth-order valence-electron chi connectivity index (χ4n) is 3.01. The van der Waals surface area contributed by atoms with Crippen molar-refractivity contribution in [2.24, 2.45) is 0 Å². The Balaban J connectivity index is 2.19. The van der Waals surface area contributed by atoms with E-state index in [2.05, 4.69) is 13.8 Å². The predicted molar refractivity (Wildman–Crippen MR) is 93.2 cm³/mol. The molecule has 1 heterocycles. The number of nitrogens with zero attached hydrogens (tertiary/aromatic N) is 1. The first-order valence-corrected chi connectivity index (χ1v) is 8.57. The third-order valence-electron chi connectivity index (χ3n) is 4.50. The SMILES string of the molecule is Cc1ccc(C(C)C)c(OC(C)(C)C(=O)N2CC[C@@H](O)[C@H](O)C2)c1. The molecule has 0 radical (unpaired) electrons. The number of carbonyl (C=O) groups excluding carboxylic acids is 1. The summed E-state index contributed by atoms with van der Waals surface area (Å²) in [6.07, 6.45) is -1.28. The number of hydrogen-bond donors (Lipinski definition) is 2. The van der Waals surface area contributed by atoms with Gasteiger partial charge < -0.3 is 19.8 Å². The molecule has 1 aromatic carbocycles. The Labute approximate surface area is 144 Å². The number of benzene rings is 1. The second-order valence-corrected chi connectivity index (χ2v) is 7.48. The smallest absolute Gasteiger partial charge is 0.266 e. The van der Waals surface area contributed by atoms with E-state index in [9.17, 15) is 15.0 Å². The highest BCUT2D eigenvalue weighted by Crippen LogP contribution is 2.31. The maximum atomic E-state index is 12.9. The normalized spacial score (nSPS) is 21.9. The first kappa shape index (κ1) is 18.7. The van der Waals surface area contributed by atoms with Crippen LogP contribution in [0.5, 0.6) is 5.75 Å². The molecule has 24 heavy (non-hydrogen) atoms. The van der Waals surface area contributed by atoms with Crippen molar-refractivity contribution < 1.29 is 19.7 Å². The number of hydrogen-bond acceptors (Lipinski definition) is 4. The highest BCUT2D eigenvalue weighted by atomic mass is 16.5. The van der Waals surface area contributed by atoms with Crippen LogP contribution in [-0.4, -0.2) is 51.9 Å². The van der Waals surface area contributed by atoms with E-state index in [1.807, 2.05) is 25.1 Å². The van der Waals surface area contributed by atoms with E-state index in [4.69, 9.17) is 4.74 Å². The molecule has 0 bridgehead atoms. The van der Waals surface area contributed by atoms with Gasteiger partial charge in [-0.05, 0) is 50.3 Å². The molecule has 0 unspecified atom stereocenters. The molecule has 5 heteroatoms. The van der Waals surface area contributed by atoms with Crippen molar-refractivity contribution in [3.8, 4) is 5.75 Å². The van der Waals surface area contributed by atoms with Crippen molar-refractivity contribution in [2.45, 2.75) is 64.8 Å². The Bertz CT molecular complexity index is 597. The van der Waals surface area contributed by atoms with Crippen LogP contribution in [0.2, 0.25) is 0 Å². The molecule has 0 spiro atoms. The van der Waals surface area contributed by atoms with Gasteiger partial charge in [-0.25, -0.2) is 0 Å². The number of rotatable bonds is 4. The predicted octanol–water partition coefficient (Wildman–Crippen LogP) is 2.23. The fraction of sp³-hybridized carbons (Fsp3) is 0.632. The molecule has 134 valence electrons. The quantitative estimate of drug-likeness (QED) is 0.885. The number of ether oxygens (including phenoxy) is 1. The number of aryl methyl sites for hydroxylation is 1. The summed E-state index contributed by atoms with van der Waals surface area (Å²) in [5.74, 6) is 0.837. The lowest BCUT2D eigenvalue weighted by Gasteiger charge is -2.38. The summed E-state index contributed by atoms with van der Waals surface area (Å²) in [5.41, 5.74) is 1.10. The maximum Gasteiger partial charge on any atom is 0.266 e. The molecule has 1 aliphatic rings. The molecular weight excluding hydrogens is 306 g/mol. The Morgan fingerprint density at radius 3 is 2.54 bits per heavy atom. The van der Waals surface area contributed by atoms with E-state index in [0.717, 1.165) is 16.9 Å². The molecular formula is C19H29NO4. The van der Waals surface area contributed by atoms with E-state index >= 15 is 0 Å². The van der Waals surface area contributed by atoms with Gasteiger partial charge in [-0.1, -0.05) is 26.0 Å². The summed E-state index contributed by atoms with van der Waals surface area (Å²) in [6, 6.07) is 6.04. The van der Waals surface area contributed by atoms with Crippen LogP contribution in [0, 0.1) is 6.92 Å². The summed E-state index contributed by atoms with van der Waals surface area (Å²) in [4.78, 5) is 14.4. The molecule has 1 amide bonds. The zero-order valence-electron chi connectivity index (χ0n) is 15.2. The number of likely N-dealkylation sites (tertiary alicyclic amines) is 1. The summed E-state index contributed by atoms with van der Waals surface area (Å²) in [6.45, 7) is 10.2. The molecule has 2 atom stereocenters. The molecule has 1 aliphatic heterocycles. The van der Waals surface area contributed by atoms with Crippen LogP contribution in [0.15, 0.2) is 18.2 Å². The van der Waals surface area contributed by atoms with E-state index in [-0.39, 0.29) is 12.5 Å². The van der Waals surface area contributed by atoms with Crippen LogP contribution < -0.4 is 4.74 Å². The number of piperidine rings is 1. The highest BCUT2D eigenvalue weighted by Gasteiger charge is 2.38. The lowest BCUT2D eigenvalue weighted by atomic mass is 9.99. The van der Waals surface area contributed by atoms with Gasteiger partial charge in [0.1, 0.15) is 5.75 Å². The lowest BCUT2D eigenvalue weighted by Crippen LogP contribution is -2.56. The molecule has 2 N–H and O–H groups in total. The van der Waals surface area contributed by atoms with Gasteiger partial charge in [0, 0.05) is 13.1 Å². The van der Waals surface area contributed by atoms with Crippen molar-refractivity contribution in [3.63, 3.8) is 0 Å². The fourth-order valence-corrected chi connectivity index (χ4v) is 3.01. The number of aliphatic hydroxyl groups is 2. The average molecular weight is 335 g/mol. The molecule has 2 rings (SSSR count). The van der Waals surface area contributed by atoms with E-state index < -0.39 is 17.8 Å². The van der Waals surface area contributed by atoms with Gasteiger partial charge in [-0.2, -0.15) is 0 Å². The topological polar surface area (TPSA) is 70.0 Å². The van der Waals surface area contributed by atoms with E-state index in [1.165, 1.54) is 0 Å². The molecule has 1 aromatic rings. The number of carbonyl (C=O) groups is 1. The van der Waals surface area contributed by atoms with Gasteiger partial charge in [0.05, 0.1) is 12.2 Å². The van der Waals surface area contributed by atoms with Crippen LogP contribution in [0.3, 0.4) is 0 Å². The number of β-amino-alcohol motifs (C(OH)–C–C–N with tert-alkyl or cyclic N) is 1. The Morgan fingerprint density at radius 1 is 1.29 bits per heavy atom. The zero-order chi connectivity index (χ0) is 18.1. The summed E-state index contributed by atoms with van der Waals surface area (Å²) >= 11 is 0. The van der Waals surface area contributed by atoms with Gasteiger partial charge in [0.2, 0.25) is 0 Å². The largest absolute Gasteiger partial charge is 0.478 e.